The molecule has 4 aromatic rings. The van der Waals surface area contributed by atoms with Crippen molar-refractivity contribution in [2.45, 2.75) is 25.8 Å². The normalized spacial score (nSPS) is 14.1. The lowest BCUT2D eigenvalue weighted by atomic mass is 10.1. The fourth-order valence-corrected chi connectivity index (χ4v) is 4.50. The Bertz CT molecular complexity index is 1380. The molecule has 2 heterocycles. The first-order chi connectivity index (χ1) is 18.1. The maximum Gasteiger partial charge on any atom is 0.255 e. The van der Waals surface area contributed by atoms with Crippen LogP contribution in [0.4, 0.5) is 5.69 Å². The Morgan fingerprint density at radius 1 is 0.865 bits per heavy atom. The molecule has 1 fully saturated rings. The lowest BCUT2D eigenvalue weighted by Crippen LogP contribution is -2.29. The Morgan fingerprint density at radius 2 is 1.62 bits per heavy atom. The summed E-state index contributed by atoms with van der Waals surface area (Å²) in [6.07, 6.45) is 10.7. The van der Waals surface area contributed by atoms with Crippen LogP contribution in [0.15, 0.2) is 97.3 Å². The highest BCUT2D eigenvalue weighted by Gasteiger charge is 2.12. The molecule has 6 nitrogen and oxygen atoms in total. The molecule has 1 aliphatic rings. The van der Waals surface area contributed by atoms with Crippen LogP contribution in [0.5, 0.6) is 0 Å². The van der Waals surface area contributed by atoms with Gasteiger partial charge in [0.15, 0.2) is 5.78 Å². The molecule has 0 bridgehead atoms. The molecule has 0 radical (unpaired) electrons. The van der Waals surface area contributed by atoms with Crippen molar-refractivity contribution in [2.75, 3.05) is 18.4 Å². The van der Waals surface area contributed by atoms with Gasteiger partial charge in [-0.3, -0.25) is 14.5 Å². The maximum absolute atomic E-state index is 12.9. The van der Waals surface area contributed by atoms with E-state index in [1.54, 1.807) is 47.3 Å². The molecule has 6 heteroatoms. The lowest BCUT2D eigenvalue weighted by molar-refractivity contribution is 0.102. The molecule has 186 valence electrons. The number of aromatic nitrogens is 2. The van der Waals surface area contributed by atoms with Gasteiger partial charge in [-0.05, 0) is 74.0 Å². The van der Waals surface area contributed by atoms with E-state index in [1.165, 1.54) is 24.8 Å². The number of hydrogen-bond acceptors (Lipinski definition) is 4. The molecule has 1 aromatic heterocycles. The van der Waals surface area contributed by atoms with Crippen LogP contribution in [0.2, 0.25) is 0 Å². The number of benzene rings is 3. The second-order valence-corrected chi connectivity index (χ2v) is 9.32. The van der Waals surface area contributed by atoms with Crippen LogP contribution in [0.25, 0.3) is 11.8 Å². The molecule has 37 heavy (non-hydrogen) atoms. The van der Waals surface area contributed by atoms with E-state index in [1.807, 2.05) is 48.7 Å². The molecular weight excluding hydrogens is 460 g/mol. The number of ketones is 1. The number of nitrogens with zero attached hydrogens (tertiary/aromatic N) is 3. The molecule has 0 saturated carbocycles. The molecule has 5 rings (SSSR count). The third-order valence-electron chi connectivity index (χ3n) is 6.53. The van der Waals surface area contributed by atoms with Gasteiger partial charge in [-0.1, -0.05) is 55.0 Å². The van der Waals surface area contributed by atoms with E-state index in [9.17, 15) is 9.59 Å². The van der Waals surface area contributed by atoms with Gasteiger partial charge in [-0.25, -0.2) is 4.68 Å². The number of allylic oxidation sites excluding steroid dienone is 1. The second-order valence-electron chi connectivity index (χ2n) is 9.32. The number of nitrogens with one attached hydrogen (secondary N) is 1. The van der Waals surface area contributed by atoms with Crippen molar-refractivity contribution < 1.29 is 9.59 Å². The van der Waals surface area contributed by atoms with Crippen molar-refractivity contribution in [3.8, 4) is 5.69 Å². The van der Waals surface area contributed by atoms with E-state index in [0.29, 0.717) is 11.1 Å². The number of anilines is 1. The second kappa shape index (κ2) is 11.6. The van der Waals surface area contributed by atoms with Gasteiger partial charge >= 0.3 is 0 Å². The minimum Gasteiger partial charge on any atom is -0.322 e. The monoisotopic (exact) mass is 490 g/mol. The SMILES string of the molecule is O=C(/C=C/c1cnn(-c2cccc(C(=O)Nc3ccc(CN4CCCCC4)cc3)c2)c1)c1ccccc1. The number of likely N-dealkylation sites (tertiary alicyclic amines) is 1. The van der Waals surface area contributed by atoms with Crippen LogP contribution in [-0.2, 0) is 6.54 Å². The molecular formula is C31H30N4O2. The highest BCUT2D eigenvalue weighted by atomic mass is 16.1. The van der Waals surface area contributed by atoms with Gasteiger partial charge in [0.05, 0.1) is 11.9 Å². The van der Waals surface area contributed by atoms with Gasteiger partial charge in [-0.2, -0.15) is 5.10 Å². The first-order valence-corrected chi connectivity index (χ1v) is 12.7. The minimum absolute atomic E-state index is 0.0634. The standard InChI is InChI=1S/C31H30N4O2/c36-30(26-8-3-1-4-9-26)17-14-25-21-32-35(23-25)29-11-7-10-27(20-29)31(37)33-28-15-12-24(13-16-28)22-34-18-5-2-6-19-34/h1,3-4,7-17,20-21,23H,2,5-6,18-19,22H2,(H,33,37)/b17-14+. The summed E-state index contributed by atoms with van der Waals surface area (Å²) >= 11 is 0. The topological polar surface area (TPSA) is 67.2 Å². The van der Waals surface area contributed by atoms with Gasteiger partial charge in [-0.15, -0.1) is 0 Å². The van der Waals surface area contributed by atoms with Crippen molar-refractivity contribution in [3.05, 3.63) is 120 Å². The third-order valence-corrected chi connectivity index (χ3v) is 6.53. The first-order valence-electron chi connectivity index (χ1n) is 12.7. The molecule has 1 amide bonds. The summed E-state index contributed by atoms with van der Waals surface area (Å²) in [5.41, 5.74) is 4.77. The Hall–Kier alpha value is -4.29. The fraction of sp³-hybridized carbons (Fsp3) is 0.194. The molecule has 1 aliphatic heterocycles. The molecule has 1 saturated heterocycles. The fourth-order valence-electron chi connectivity index (χ4n) is 4.50. The Balaban J connectivity index is 1.21. The Kier molecular flexibility index (Phi) is 7.67. The smallest absolute Gasteiger partial charge is 0.255 e. The average Bonchev–Trinajstić information content (AvgIpc) is 3.43. The van der Waals surface area contributed by atoms with Crippen molar-refractivity contribution in [1.82, 2.24) is 14.7 Å². The van der Waals surface area contributed by atoms with Crippen molar-refractivity contribution in [1.29, 1.82) is 0 Å². The summed E-state index contributed by atoms with van der Waals surface area (Å²) in [7, 11) is 0. The zero-order valence-electron chi connectivity index (χ0n) is 20.7. The summed E-state index contributed by atoms with van der Waals surface area (Å²) in [5.74, 6) is -0.238. The van der Waals surface area contributed by atoms with E-state index in [-0.39, 0.29) is 11.7 Å². The largest absolute Gasteiger partial charge is 0.322 e. The average molecular weight is 491 g/mol. The number of rotatable bonds is 8. The molecule has 1 N–H and O–H groups in total. The minimum atomic E-state index is -0.175. The number of carbonyl (C=O) groups is 2. The lowest BCUT2D eigenvalue weighted by Gasteiger charge is -2.26. The van der Waals surface area contributed by atoms with Crippen LogP contribution in [0, 0.1) is 0 Å². The quantitative estimate of drug-likeness (QED) is 0.243. The van der Waals surface area contributed by atoms with Crippen LogP contribution in [0.1, 0.15) is 51.1 Å². The first kappa shape index (κ1) is 24.4. The van der Waals surface area contributed by atoms with Gasteiger partial charge in [0, 0.05) is 35.1 Å². The van der Waals surface area contributed by atoms with Crippen molar-refractivity contribution in [3.63, 3.8) is 0 Å². The van der Waals surface area contributed by atoms with Crippen LogP contribution < -0.4 is 5.32 Å². The summed E-state index contributed by atoms with van der Waals surface area (Å²) in [4.78, 5) is 27.7. The highest BCUT2D eigenvalue weighted by Crippen LogP contribution is 2.17. The number of hydrogen-bond donors (Lipinski definition) is 1. The van der Waals surface area contributed by atoms with Crippen LogP contribution in [-0.4, -0.2) is 39.5 Å². The van der Waals surface area contributed by atoms with E-state index in [0.717, 1.165) is 36.6 Å². The number of piperidine rings is 1. The summed E-state index contributed by atoms with van der Waals surface area (Å²) in [5, 5.41) is 7.39. The van der Waals surface area contributed by atoms with Gasteiger partial charge in [0.1, 0.15) is 0 Å². The van der Waals surface area contributed by atoms with Crippen molar-refractivity contribution in [2.24, 2.45) is 0 Å². The zero-order chi connectivity index (χ0) is 25.5. The molecule has 0 unspecified atom stereocenters. The highest BCUT2D eigenvalue weighted by molar-refractivity contribution is 6.06. The van der Waals surface area contributed by atoms with E-state index in [4.69, 9.17) is 0 Å². The Labute approximate surface area is 217 Å². The third kappa shape index (κ3) is 6.48. The van der Waals surface area contributed by atoms with Gasteiger partial charge in [0.25, 0.3) is 5.91 Å². The van der Waals surface area contributed by atoms with Crippen molar-refractivity contribution >= 4 is 23.5 Å². The molecule has 0 atom stereocenters. The maximum atomic E-state index is 12.9. The van der Waals surface area contributed by atoms with Gasteiger partial charge < -0.3 is 5.32 Å². The van der Waals surface area contributed by atoms with E-state index < -0.39 is 0 Å². The summed E-state index contributed by atoms with van der Waals surface area (Å²) in [6, 6.07) is 24.5. The summed E-state index contributed by atoms with van der Waals surface area (Å²) < 4.78 is 1.69. The summed E-state index contributed by atoms with van der Waals surface area (Å²) in [6.45, 7) is 3.28. The van der Waals surface area contributed by atoms with Crippen LogP contribution in [0.3, 0.4) is 0 Å². The van der Waals surface area contributed by atoms with Crippen LogP contribution >= 0.6 is 0 Å². The zero-order valence-corrected chi connectivity index (χ0v) is 20.7. The predicted molar refractivity (Wildman–Crippen MR) is 147 cm³/mol. The predicted octanol–water partition coefficient (Wildman–Crippen LogP) is 6.01. The van der Waals surface area contributed by atoms with Gasteiger partial charge in [0.2, 0.25) is 0 Å². The molecule has 0 aliphatic carbocycles. The Morgan fingerprint density at radius 3 is 2.41 bits per heavy atom. The molecule has 0 spiro atoms. The number of amides is 1. The van der Waals surface area contributed by atoms with E-state index >= 15 is 0 Å². The van der Waals surface area contributed by atoms with E-state index in [2.05, 4.69) is 27.4 Å². The number of carbonyl (C=O) groups excluding carboxylic acids is 2. The molecule has 3 aromatic carbocycles.